The van der Waals surface area contributed by atoms with Crippen molar-refractivity contribution in [3.63, 3.8) is 0 Å². The number of para-hydroxylation sites is 1. The highest BCUT2D eigenvalue weighted by Crippen LogP contribution is 2.22. The second kappa shape index (κ2) is 7.19. The van der Waals surface area contributed by atoms with E-state index in [2.05, 4.69) is 0 Å². The third-order valence-corrected chi connectivity index (χ3v) is 3.85. The zero-order chi connectivity index (χ0) is 16.9. The predicted molar refractivity (Wildman–Crippen MR) is 91.8 cm³/mol. The molecule has 1 aromatic heterocycles. The number of aromatic carboxylic acids is 1. The van der Waals surface area contributed by atoms with Crippen LogP contribution >= 0.6 is 0 Å². The van der Waals surface area contributed by atoms with Gasteiger partial charge in [0.1, 0.15) is 12.4 Å². The van der Waals surface area contributed by atoms with E-state index < -0.39 is 5.97 Å². The molecule has 124 valence electrons. The quantitative estimate of drug-likeness (QED) is 0.676. The Balaban J connectivity index is 1.81. The molecule has 0 aliphatic carbocycles. The largest absolute Gasteiger partial charge is 0.491 e. The third-order valence-electron chi connectivity index (χ3n) is 3.85. The van der Waals surface area contributed by atoms with E-state index >= 15 is 0 Å². The van der Waals surface area contributed by atoms with Gasteiger partial charge in [-0.2, -0.15) is 0 Å². The molecule has 0 atom stereocenters. The number of methoxy groups -OCH3 is 1. The molecule has 0 amide bonds. The Hall–Kier alpha value is -2.79. The predicted octanol–water partition coefficient (Wildman–Crippen LogP) is 3.41. The SMILES string of the molecule is COCCOc1ccc(Cn2ccc3cccc(C(=O)O)c32)cc1. The number of benzene rings is 2. The maximum absolute atomic E-state index is 11.4. The Morgan fingerprint density at radius 2 is 1.88 bits per heavy atom. The maximum Gasteiger partial charge on any atom is 0.337 e. The van der Waals surface area contributed by atoms with Gasteiger partial charge in [0.25, 0.3) is 0 Å². The van der Waals surface area contributed by atoms with Crippen molar-refractivity contribution in [2.24, 2.45) is 0 Å². The number of carboxylic acids is 1. The number of carboxylic acid groups (broad SMARTS) is 1. The molecule has 3 aromatic rings. The first-order chi connectivity index (χ1) is 11.7. The molecule has 0 saturated carbocycles. The molecule has 3 rings (SSSR count). The van der Waals surface area contributed by atoms with Crippen LogP contribution < -0.4 is 4.74 Å². The maximum atomic E-state index is 11.4. The topological polar surface area (TPSA) is 60.7 Å². The highest BCUT2D eigenvalue weighted by atomic mass is 16.5. The van der Waals surface area contributed by atoms with Crippen LogP contribution in [-0.2, 0) is 11.3 Å². The third kappa shape index (κ3) is 3.41. The summed E-state index contributed by atoms with van der Waals surface area (Å²) in [6.45, 7) is 1.67. The fourth-order valence-corrected chi connectivity index (χ4v) is 2.70. The molecule has 0 saturated heterocycles. The molecule has 24 heavy (non-hydrogen) atoms. The smallest absolute Gasteiger partial charge is 0.337 e. The van der Waals surface area contributed by atoms with Gasteiger partial charge in [-0.15, -0.1) is 0 Å². The van der Waals surface area contributed by atoms with Crippen molar-refractivity contribution >= 4 is 16.9 Å². The summed E-state index contributed by atoms with van der Waals surface area (Å²) >= 11 is 0. The van der Waals surface area contributed by atoms with Gasteiger partial charge in [-0.1, -0.05) is 24.3 Å². The highest BCUT2D eigenvalue weighted by molar-refractivity contribution is 6.02. The monoisotopic (exact) mass is 325 g/mol. The summed E-state index contributed by atoms with van der Waals surface area (Å²) in [5, 5.41) is 10.3. The lowest BCUT2D eigenvalue weighted by molar-refractivity contribution is 0.0698. The van der Waals surface area contributed by atoms with Gasteiger partial charge in [-0.05, 0) is 29.8 Å². The van der Waals surface area contributed by atoms with Crippen LogP contribution in [-0.4, -0.2) is 36.0 Å². The number of carbonyl (C=O) groups is 1. The molecule has 0 bridgehead atoms. The van der Waals surface area contributed by atoms with Gasteiger partial charge in [-0.25, -0.2) is 4.79 Å². The van der Waals surface area contributed by atoms with Crippen molar-refractivity contribution in [2.45, 2.75) is 6.54 Å². The lowest BCUT2D eigenvalue weighted by atomic mass is 10.1. The lowest BCUT2D eigenvalue weighted by Gasteiger charge is -2.09. The summed E-state index contributed by atoms with van der Waals surface area (Å²) in [4.78, 5) is 11.4. The average Bonchev–Trinajstić information content (AvgIpc) is 2.99. The van der Waals surface area contributed by atoms with Crippen molar-refractivity contribution in [1.82, 2.24) is 4.57 Å². The Kier molecular flexibility index (Phi) is 4.82. The van der Waals surface area contributed by atoms with Gasteiger partial charge in [0.15, 0.2) is 0 Å². The van der Waals surface area contributed by atoms with E-state index in [-0.39, 0.29) is 0 Å². The van der Waals surface area contributed by atoms with Crippen LogP contribution in [0.15, 0.2) is 54.7 Å². The number of hydrogen-bond acceptors (Lipinski definition) is 3. The van der Waals surface area contributed by atoms with Crippen LogP contribution in [0.5, 0.6) is 5.75 Å². The van der Waals surface area contributed by atoms with Crippen molar-refractivity contribution in [2.75, 3.05) is 20.3 Å². The van der Waals surface area contributed by atoms with Crippen LogP contribution in [0.4, 0.5) is 0 Å². The number of nitrogens with zero attached hydrogens (tertiary/aromatic N) is 1. The molecule has 0 aliphatic heterocycles. The Morgan fingerprint density at radius 1 is 1.08 bits per heavy atom. The van der Waals surface area contributed by atoms with Crippen LogP contribution in [0, 0.1) is 0 Å². The molecule has 0 aliphatic rings. The standard InChI is InChI=1S/C19H19NO4/c1-23-11-12-24-16-7-5-14(6-8-16)13-20-10-9-15-3-2-4-17(18(15)20)19(21)22/h2-10H,11-13H2,1H3,(H,21,22). The molecule has 5 heteroatoms. The molecular weight excluding hydrogens is 306 g/mol. The van der Waals surface area contributed by atoms with Gasteiger partial charge in [-0.3, -0.25) is 0 Å². The summed E-state index contributed by atoms with van der Waals surface area (Å²) in [5.74, 6) is -0.123. The van der Waals surface area contributed by atoms with E-state index in [9.17, 15) is 9.90 Å². The van der Waals surface area contributed by atoms with E-state index in [1.807, 2.05) is 47.2 Å². The number of rotatable bonds is 7. The fraction of sp³-hybridized carbons (Fsp3) is 0.211. The first kappa shape index (κ1) is 16.1. The zero-order valence-corrected chi connectivity index (χ0v) is 13.4. The van der Waals surface area contributed by atoms with Crippen molar-refractivity contribution in [3.05, 3.63) is 65.9 Å². The van der Waals surface area contributed by atoms with Gasteiger partial charge in [0.2, 0.25) is 0 Å². The molecule has 0 unspecified atom stereocenters. The van der Waals surface area contributed by atoms with E-state index in [4.69, 9.17) is 9.47 Å². The Morgan fingerprint density at radius 3 is 2.58 bits per heavy atom. The fourth-order valence-electron chi connectivity index (χ4n) is 2.70. The molecule has 5 nitrogen and oxygen atoms in total. The minimum absolute atomic E-state index is 0.317. The summed E-state index contributed by atoms with van der Waals surface area (Å²) < 4.78 is 12.5. The van der Waals surface area contributed by atoms with Crippen LogP contribution in [0.1, 0.15) is 15.9 Å². The number of aromatic nitrogens is 1. The van der Waals surface area contributed by atoms with Gasteiger partial charge in [0.05, 0.1) is 17.7 Å². The summed E-state index contributed by atoms with van der Waals surface area (Å²) in [6.07, 6.45) is 1.92. The van der Waals surface area contributed by atoms with Gasteiger partial charge in [0, 0.05) is 25.2 Å². The average molecular weight is 325 g/mol. The van der Waals surface area contributed by atoms with Gasteiger partial charge < -0.3 is 19.1 Å². The Labute approximate surface area is 140 Å². The molecule has 0 spiro atoms. The molecule has 0 radical (unpaired) electrons. The summed E-state index contributed by atoms with van der Waals surface area (Å²) in [5.41, 5.74) is 2.13. The van der Waals surface area contributed by atoms with Crippen LogP contribution in [0.2, 0.25) is 0 Å². The van der Waals surface area contributed by atoms with E-state index in [0.29, 0.717) is 25.3 Å². The minimum atomic E-state index is -0.914. The second-order valence-corrected chi connectivity index (χ2v) is 5.48. The highest BCUT2D eigenvalue weighted by Gasteiger charge is 2.12. The number of ether oxygens (including phenoxy) is 2. The molecule has 1 heterocycles. The lowest BCUT2D eigenvalue weighted by Crippen LogP contribution is -2.05. The van der Waals surface area contributed by atoms with Crippen LogP contribution in [0.3, 0.4) is 0 Å². The molecule has 1 N–H and O–H groups in total. The minimum Gasteiger partial charge on any atom is -0.491 e. The molecular formula is C19H19NO4. The van der Waals surface area contributed by atoms with Crippen molar-refractivity contribution in [1.29, 1.82) is 0 Å². The number of fused-ring (bicyclic) bond motifs is 1. The summed E-state index contributed by atoms with van der Waals surface area (Å²) in [7, 11) is 1.64. The normalized spacial score (nSPS) is 10.9. The number of hydrogen-bond donors (Lipinski definition) is 1. The van der Waals surface area contributed by atoms with Gasteiger partial charge >= 0.3 is 5.97 Å². The second-order valence-electron chi connectivity index (χ2n) is 5.48. The zero-order valence-electron chi connectivity index (χ0n) is 13.4. The van der Waals surface area contributed by atoms with Crippen LogP contribution in [0.25, 0.3) is 10.9 Å². The van der Waals surface area contributed by atoms with E-state index in [1.54, 1.807) is 19.2 Å². The first-order valence-electron chi connectivity index (χ1n) is 7.71. The van der Waals surface area contributed by atoms with Crippen molar-refractivity contribution < 1.29 is 19.4 Å². The van der Waals surface area contributed by atoms with E-state index in [0.717, 1.165) is 22.2 Å². The first-order valence-corrected chi connectivity index (χ1v) is 7.71. The van der Waals surface area contributed by atoms with E-state index in [1.165, 1.54) is 0 Å². The molecule has 0 fully saturated rings. The Bertz CT molecular complexity index is 836. The molecule has 2 aromatic carbocycles. The summed E-state index contributed by atoms with van der Waals surface area (Å²) in [6, 6.07) is 15.0. The van der Waals surface area contributed by atoms with Crippen molar-refractivity contribution in [3.8, 4) is 5.75 Å².